The van der Waals surface area contributed by atoms with Crippen molar-refractivity contribution < 1.29 is 23.7 Å². The quantitative estimate of drug-likeness (QED) is 0.352. The average molecular weight is 412 g/mol. The largest absolute Gasteiger partial charge is 0.451 e. The summed E-state index contributed by atoms with van der Waals surface area (Å²) in [4.78, 5) is 46.3. The normalized spacial score (nSPS) is 11.5. The van der Waals surface area contributed by atoms with Gasteiger partial charge < -0.3 is 14.5 Å². The van der Waals surface area contributed by atoms with Gasteiger partial charge in [-0.05, 0) is 25.1 Å². The van der Waals surface area contributed by atoms with Crippen LogP contribution in [0.3, 0.4) is 0 Å². The Kier molecular flexibility index (Phi) is 6.01. The Balaban J connectivity index is 1.60. The van der Waals surface area contributed by atoms with Gasteiger partial charge in [-0.1, -0.05) is 24.3 Å². The van der Waals surface area contributed by atoms with Crippen molar-refractivity contribution >= 4 is 23.3 Å². The fraction of sp³-hybridized carbons (Fsp3) is 0.158. The van der Waals surface area contributed by atoms with Crippen molar-refractivity contribution in [1.82, 2.24) is 9.78 Å². The van der Waals surface area contributed by atoms with Crippen molar-refractivity contribution in [2.75, 3.05) is 5.32 Å². The lowest BCUT2D eigenvalue weighted by atomic mass is 10.2. The van der Waals surface area contributed by atoms with E-state index in [1.165, 1.54) is 31.2 Å². The summed E-state index contributed by atoms with van der Waals surface area (Å²) in [6, 6.07) is 14.0. The summed E-state index contributed by atoms with van der Waals surface area (Å²) in [6.45, 7) is 0.773. The summed E-state index contributed by atoms with van der Waals surface area (Å²) in [6.07, 6.45) is -1.21. The number of hydrogen-bond acceptors (Lipinski definition) is 8. The van der Waals surface area contributed by atoms with Gasteiger partial charge in [-0.15, -0.1) is 5.10 Å². The van der Waals surface area contributed by atoms with E-state index in [1.54, 1.807) is 30.3 Å². The number of hydrogen-bond donors (Lipinski definition) is 1. The van der Waals surface area contributed by atoms with Crippen LogP contribution in [0.25, 0.3) is 11.5 Å². The molecule has 0 aliphatic heterocycles. The SMILES string of the molecule is CC(OC(=O)Cn1nc(-c2ccccc2)oc1=O)C(=O)Nc1cccc([N+](=O)[O-])c1. The van der Waals surface area contributed by atoms with Crippen molar-refractivity contribution in [1.29, 1.82) is 0 Å². The lowest BCUT2D eigenvalue weighted by Gasteiger charge is -2.13. The first kappa shape index (κ1) is 20.5. The Hall–Kier alpha value is -4.28. The minimum absolute atomic E-state index is 0.0462. The summed E-state index contributed by atoms with van der Waals surface area (Å²) in [5, 5.41) is 17.2. The van der Waals surface area contributed by atoms with E-state index in [2.05, 4.69) is 10.4 Å². The number of rotatable bonds is 7. The predicted octanol–water partition coefficient (Wildman–Crippen LogP) is 1.98. The molecule has 1 heterocycles. The maximum absolute atomic E-state index is 12.2. The van der Waals surface area contributed by atoms with Crippen LogP contribution in [0.1, 0.15) is 6.92 Å². The summed E-state index contributed by atoms with van der Waals surface area (Å²) in [5.74, 6) is -2.38. The molecule has 0 aliphatic rings. The van der Waals surface area contributed by atoms with E-state index in [0.29, 0.717) is 5.56 Å². The maximum atomic E-state index is 12.2. The fourth-order valence-corrected chi connectivity index (χ4v) is 2.45. The smallest absolute Gasteiger partial charge is 0.437 e. The van der Waals surface area contributed by atoms with Crippen molar-refractivity contribution in [3.63, 3.8) is 0 Å². The van der Waals surface area contributed by atoms with Crippen LogP contribution >= 0.6 is 0 Å². The average Bonchev–Trinajstić information content (AvgIpc) is 3.09. The van der Waals surface area contributed by atoms with E-state index in [1.807, 2.05) is 0 Å². The number of ether oxygens (including phenoxy) is 1. The molecule has 0 fully saturated rings. The third-order valence-electron chi connectivity index (χ3n) is 3.91. The summed E-state index contributed by atoms with van der Waals surface area (Å²) < 4.78 is 10.8. The van der Waals surface area contributed by atoms with Crippen LogP contribution in [0.15, 0.2) is 63.8 Å². The van der Waals surface area contributed by atoms with E-state index in [-0.39, 0.29) is 17.3 Å². The van der Waals surface area contributed by atoms with Crippen molar-refractivity contribution in [3.8, 4) is 11.5 Å². The van der Waals surface area contributed by atoms with Crippen molar-refractivity contribution in [3.05, 3.63) is 75.3 Å². The molecule has 154 valence electrons. The molecule has 2 aromatic carbocycles. The number of carbonyl (C=O) groups excluding carboxylic acids is 2. The van der Waals surface area contributed by atoms with Gasteiger partial charge in [0, 0.05) is 23.4 Å². The van der Waals surface area contributed by atoms with Gasteiger partial charge in [0.1, 0.15) is 6.54 Å². The first-order valence-corrected chi connectivity index (χ1v) is 8.71. The summed E-state index contributed by atoms with van der Waals surface area (Å²) >= 11 is 0. The molecule has 1 atom stereocenters. The van der Waals surface area contributed by atoms with Crippen molar-refractivity contribution in [2.45, 2.75) is 19.6 Å². The molecule has 1 aromatic heterocycles. The van der Waals surface area contributed by atoms with Crippen LogP contribution in [0.5, 0.6) is 0 Å². The standard InChI is InChI=1S/C19H16N4O7/c1-12(17(25)20-14-8-5-9-15(10-14)23(27)28)29-16(24)11-22-19(26)30-18(21-22)13-6-3-2-4-7-13/h2-10,12H,11H2,1H3,(H,20,25). The highest BCUT2D eigenvalue weighted by Gasteiger charge is 2.21. The van der Waals surface area contributed by atoms with Gasteiger partial charge in [-0.25, -0.2) is 4.79 Å². The molecule has 3 rings (SSSR count). The first-order chi connectivity index (χ1) is 14.3. The fourth-order valence-electron chi connectivity index (χ4n) is 2.45. The molecule has 11 nitrogen and oxygen atoms in total. The zero-order valence-electron chi connectivity index (χ0n) is 15.7. The van der Waals surface area contributed by atoms with E-state index in [9.17, 15) is 24.5 Å². The monoisotopic (exact) mass is 412 g/mol. The van der Waals surface area contributed by atoms with Crippen molar-refractivity contribution in [2.24, 2.45) is 0 Å². The number of non-ortho nitro benzene ring substituents is 1. The van der Waals surface area contributed by atoms with Gasteiger partial charge in [0.25, 0.3) is 11.6 Å². The van der Waals surface area contributed by atoms with E-state index in [0.717, 1.165) is 4.68 Å². The minimum atomic E-state index is -1.21. The number of nitrogens with one attached hydrogen (secondary N) is 1. The molecular weight excluding hydrogens is 396 g/mol. The highest BCUT2D eigenvalue weighted by atomic mass is 16.6. The number of nitro benzene ring substituents is 1. The van der Waals surface area contributed by atoms with E-state index in [4.69, 9.17) is 9.15 Å². The number of benzene rings is 2. The highest BCUT2D eigenvalue weighted by Crippen LogP contribution is 2.17. The second-order valence-electron chi connectivity index (χ2n) is 6.13. The second-order valence-corrected chi connectivity index (χ2v) is 6.13. The number of amides is 1. The van der Waals surface area contributed by atoms with E-state index >= 15 is 0 Å². The molecule has 30 heavy (non-hydrogen) atoms. The van der Waals surface area contributed by atoms with Gasteiger partial charge in [0.05, 0.1) is 4.92 Å². The predicted molar refractivity (Wildman–Crippen MR) is 103 cm³/mol. The van der Waals surface area contributed by atoms with Crippen LogP contribution < -0.4 is 11.1 Å². The molecule has 0 spiro atoms. The van der Waals surface area contributed by atoms with Gasteiger partial charge in [-0.3, -0.25) is 19.7 Å². The molecule has 3 aromatic rings. The van der Waals surface area contributed by atoms with E-state index < -0.39 is 35.2 Å². The van der Waals surface area contributed by atoms with Gasteiger partial charge in [0.2, 0.25) is 5.89 Å². The molecule has 11 heteroatoms. The third kappa shape index (κ3) is 4.95. The number of nitrogens with zero attached hydrogens (tertiary/aromatic N) is 3. The Labute approximate surface area is 169 Å². The minimum Gasteiger partial charge on any atom is -0.451 e. The molecule has 1 unspecified atom stereocenters. The zero-order chi connectivity index (χ0) is 21.7. The second kappa shape index (κ2) is 8.82. The Morgan fingerprint density at radius 3 is 2.67 bits per heavy atom. The number of esters is 1. The van der Waals surface area contributed by atoms with Crippen LogP contribution in [0, 0.1) is 10.1 Å². The molecule has 0 bridgehead atoms. The lowest BCUT2D eigenvalue weighted by Crippen LogP contribution is -2.32. The summed E-state index contributed by atoms with van der Waals surface area (Å²) in [7, 11) is 0. The Morgan fingerprint density at radius 2 is 1.97 bits per heavy atom. The van der Waals surface area contributed by atoms with Gasteiger partial charge >= 0.3 is 11.7 Å². The van der Waals surface area contributed by atoms with Gasteiger partial charge in [-0.2, -0.15) is 4.68 Å². The number of anilines is 1. The zero-order valence-corrected chi connectivity index (χ0v) is 15.7. The molecule has 0 radical (unpaired) electrons. The van der Waals surface area contributed by atoms with Crippen LogP contribution in [-0.2, 0) is 20.9 Å². The van der Waals surface area contributed by atoms with Crippen LogP contribution in [0.2, 0.25) is 0 Å². The Morgan fingerprint density at radius 1 is 1.23 bits per heavy atom. The third-order valence-corrected chi connectivity index (χ3v) is 3.91. The summed E-state index contributed by atoms with van der Waals surface area (Å²) in [5.41, 5.74) is 0.542. The number of aromatic nitrogens is 2. The van der Waals surface area contributed by atoms with Crippen LogP contribution in [0.4, 0.5) is 11.4 Å². The lowest BCUT2D eigenvalue weighted by molar-refractivity contribution is -0.384. The number of carbonyl (C=O) groups is 2. The molecule has 0 saturated carbocycles. The molecule has 0 saturated heterocycles. The number of nitro groups is 1. The molecule has 1 amide bonds. The molecule has 0 aliphatic carbocycles. The van der Waals surface area contributed by atoms with Crippen LogP contribution in [-0.4, -0.2) is 32.7 Å². The maximum Gasteiger partial charge on any atom is 0.437 e. The molecule has 1 N–H and O–H groups in total. The van der Waals surface area contributed by atoms with Gasteiger partial charge in [0.15, 0.2) is 6.10 Å². The topological polar surface area (TPSA) is 147 Å². The first-order valence-electron chi connectivity index (χ1n) is 8.71. The highest BCUT2D eigenvalue weighted by molar-refractivity contribution is 5.95. The Bertz CT molecular complexity index is 1140. The molecular formula is C19H16N4O7.